The molecule has 2 aromatic rings. The Labute approximate surface area is 159 Å². The van der Waals surface area contributed by atoms with E-state index in [1.807, 2.05) is 51.1 Å². The molecule has 1 spiro atoms. The van der Waals surface area contributed by atoms with Crippen LogP contribution in [-0.2, 0) is 4.74 Å². The molecule has 0 aliphatic carbocycles. The molecule has 1 aromatic carbocycles. The number of carbonyl (C=O) groups is 1. The number of anilines is 1. The fraction of sp³-hybridized carbons (Fsp3) is 0.476. The zero-order valence-electron chi connectivity index (χ0n) is 16.0. The third-order valence-corrected chi connectivity index (χ3v) is 5.27. The van der Waals surface area contributed by atoms with Crippen molar-refractivity contribution in [1.82, 2.24) is 9.88 Å². The van der Waals surface area contributed by atoms with Crippen LogP contribution < -0.4 is 4.90 Å². The minimum atomic E-state index is -0.474. The smallest absolute Gasteiger partial charge is 0.410 e. The van der Waals surface area contributed by atoms with E-state index in [1.54, 1.807) is 4.90 Å². The lowest BCUT2D eigenvalue weighted by molar-refractivity contribution is -0.0266. The minimum Gasteiger partial charge on any atom is -0.444 e. The summed E-state index contributed by atoms with van der Waals surface area (Å²) in [5.41, 5.74) is 1.11. The zero-order chi connectivity index (χ0) is 19.2. The normalized spacial score (nSPS) is 18.4. The van der Waals surface area contributed by atoms with Gasteiger partial charge in [-0.3, -0.25) is 0 Å². The Hall–Kier alpha value is -2.81. The van der Waals surface area contributed by atoms with Gasteiger partial charge < -0.3 is 14.5 Å². The van der Waals surface area contributed by atoms with Gasteiger partial charge in [-0.25, -0.2) is 9.78 Å². The van der Waals surface area contributed by atoms with Crippen molar-refractivity contribution >= 4 is 22.8 Å². The SMILES string of the molecule is CC(C)(C)OC(=O)N1CC2(CCN(c3nc4ccccc4cc3C#N)C2)C1. The monoisotopic (exact) mass is 364 g/mol. The summed E-state index contributed by atoms with van der Waals surface area (Å²) < 4.78 is 5.46. The van der Waals surface area contributed by atoms with Gasteiger partial charge in [-0.15, -0.1) is 0 Å². The molecule has 2 aliphatic heterocycles. The number of nitrogens with zero attached hydrogens (tertiary/aromatic N) is 4. The van der Waals surface area contributed by atoms with Gasteiger partial charge in [-0.2, -0.15) is 5.26 Å². The lowest BCUT2D eigenvalue weighted by atomic mass is 9.79. The Morgan fingerprint density at radius 3 is 2.70 bits per heavy atom. The van der Waals surface area contributed by atoms with Crippen LogP contribution in [0.25, 0.3) is 10.9 Å². The molecule has 0 saturated carbocycles. The Kier molecular flexibility index (Phi) is 3.99. The fourth-order valence-corrected chi connectivity index (χ4v) is 4.02. The highest BCUT2D eigenvalue weighted by molar-refractivity contribution is 5.83. The van der Waals surface area contributed by atoms with Crippen molar-refractivity contribution in [3.8, 4) is 6.07 Å². The first kappa shape index (κ1) is 17.6. The van der Waals surface area contributed by atoms with E-state index in [0.717, 1.165) is 36.2 Å². The molecule has 3 heterocycles. The van der Waals surface area contributed by atoms with E-state index < -0.39 is 5.60 Å². The second kappa shape index (κ2) is 6.12. The second-order valence-corrected chi connectivity index (χ2v) is 8.67. The van der Waals surface area contributed by atoms with Crippen LogP contribution in [-0.4, -0.2) is 47.8 Å². The first-order valence-corrected chi connectivity index (χ1v) is 9.31. The highest BCUT2D eigenvalue weighted by Gasteiger charge is 2.50. The summed E-state index contributed by atoms with van der Waals surface area (Å²) in [4.78, 5) is 20.9. The summed E-state index contributed by atoms with van der Waals surface area (Å²) in [6.45, 7) is 8.71. The zero-order valence-corrected chi connectivity index (χ0v) is 16.0. The van der Waals surface area contributed by atoms with Gasteiger partial charge in [0.25, 0.3) is 0 Å². The maximum absolute atomic E-state index is 12.2. The van der Waals surface area contributed by atoms with Gasteiger partial charge >= 0.3 is 6.09 Å². The number of likely N-dealkylation sites (tertiary alicyclic amines) is 1. The van der Waals surface area contributed by atoms with Crippen molar-refractivity contribution in [3.05, 3.63) is 35.9 Å². The van der Waals surface area contributed by atoms with E-state index in [-0.39, 0.29) is 11.5 Å². The van der Waals surface area contributed by atoms with Crippen LogP contribution in [0.2, 0.25) is 0 Å². The molecule has 0 N–H and O–H groups in total. The summed E-state index contributed by atoms with van der Waals surface area (Å²) in [5.74, 6) is 0.754. The van der Waals surface area contributed by atoms with Crippen LogP contribution in [0.1, 0.15) is 32.8 Å². The highest BCUT2D eigenvalue weighted by atomic mass is 16.6. The number of amides is 1. The molecule has 1 amide bonds. The largest absolute Gasteiger partial charge is 0.444 e. The van der Waals surface area contributed by atoms with Gasteiger partial charge in [0.1, 0.15) is 17.5 Å². The summed E-state index contributed by atoms with van der Waals surface area (Å²) in [6, 6.07) is 12.1. The van der Waals surface area contributed by atoms with Crippen molar-refractivity contribution in [1.29, 1.82) is 5.26 Å². The standard InChI is InChI=1S/C21H24N4O2/c1-20(2,3)27-19(26)25-13-21(14-25)8-9-24(12-21)18-16(11-22)10-15-6-4-5-7-17(15)23-18/h4-7,10H,8-9,12-14H2,1-3H3. The number of para-hydroxylation sites is 1. The number of hydrogen-bond donors (Lipinski definition) is 0. The van der Waals surface area contributed by atoms with Crippen LogP contribution in [0.3, 0.4) is 0 Å². The third kappa shape index (κ3) is 3.30. The molecule has 2 aliphatic rings. The van der Waals surface area contributed by atoms with Gasteiger partial charge in [0.2, 0.25) is 0 Å². The van der Waals surface area contributed by atoms with E-state index >= 15 is 0 Å². The first-order valence-electron chi connectivity index (χ1n) is 9.31. The Morgan fingerprint density at radius 2 is 2.00 bits per heavy atom. The van der Waals surface area contributed by atoms with Crippen molar-refractivity contribution in [2.75, 3.05) is 31.1 Å². The predicted octanol–water partition coefficient (Wildman–Crippen LogP) is 3.55. The van der Waals surface area contributed by atoms with Gasteiger partial charge in [0, 0.05) is 37.0 Å². The Bertz CT molecular complexity index is 935. The van der Waals surface area contributed by atoms with Gasteiger partial charge in [-0.1, -0.05) is 18.2 Å². The molecule has 1 aromatic heterocycles. The number of nitriles is 1. The molecule has 6 nitrogen and oxygen atoms in total. The lowest BCUT2D eigenvalue weighted by Gasteiger charge is -2.47. The Balaban J connectivity index is 1.49. The van der Waals surface area contributed by atoms with Crippen LogP contribution in [0.5, 0.6) is 0 Å². The van der Waals surface area contributed by atoms with Gasteiger partial charge in [-0.05, 0) is 39.3 Å². The molecule has 0 bridgehead atoms. The third-order valence-electron chi connectivity index (χ3n) is 5.27. The topological polar surface area (TPSA) is 69.5 Å². The number of rotatable bonds is 1. The molecule has 2 saturated heterocycles. The first-order chi connectivity index (χ1) is 12.8. The molecular weight excluding hydrogens is 340 g/mol. The average Bonchev–Trinajstić information content (AvgIpc) is 3.03. The number of benzene rings is 1. The highest BCUT2D eigenvalue weighted by Crippen LogP contribution is 2.42. The summed E-state index contributed by atoms with van der Waals surface area (Å²) in [7, 11) is 0. The van der Waals surface area contributed by atoms with E-state index in [4.69, 9.17) is 9.72 Å². The van der Waals surface area contributed by atoms with Crippen LogP contribution in [0, 0.1) is 16.7 Å². The van der Waals surface area contributed by atoms with Gasteiger partial charge in [0.15, 0.2) is 0 Å². The molecular formula is C21H24N4O2. The van der Waals surface area contributed by atoms with Crippen molar-refractivity contribution < 1.29 is 9.53 Å². The number of ether oxygens (including phenoxy) is 1. The van der Waals surface area contributed by atoms with E-state index in [1.165, 1.54) is 0 Å². The van der Waals surface area contributed by atoms with Crippen LogP contribution >= 0.6 is 0 Å². The summed E-state index contributed by atoms with van der Waals surface area (Å²) in [6.07, 6.45) is 0.749. The van der Waals surface area contributed by atoms with E-state index in [9.17, 15) is 10.1 Å². The predicted molar refractivity (Wildman–Crippen MR) is 104 cm³/mol. The van der Waals surface area contributed by atoms with E-state index in [0.29, 0.717) is 18.7 Å². The number of hydrogen-bond acceptors (Lipinski definition) is 5. The molecule has 2 fully saturated rings. The van der Waals surface area contributed by atoms with E-state index in [2.05, 4.69) is 11.0 Å². The molecule has 6 heteroatoms. The average molecular weight is 364 g/mol. The van der Waals surface area contributed by atoms with Crippen LogP contribution in [0.15, 0.2) is 30.3 Å². The molecule has 4 rings (SSSR count). The second-order valence-electron chi connectivity index (χ2n) is 8.67. The molecule has 0 atom stereocenters. The Morgan fingerprint density at radius 1 is 1.26 bits per heavy atom. The summed E-state index contributed by atoms with van der Waals surface area (Å²) in [5, 5.41) is 10.6. The van der Waals surface area contributed by atoms with Crippen molar-refractivity contribution in [2.45, 2.75) is 32.8 Å². The maximum atomic E-state index is 12.2. The van der Waals surface area contributed by atoms with Crippen molar-refractivity contribution in [2.24, 2.45) is 5.41 Å². The molecule has 0 unspecified atom stereocenters. The number of fused-ring (bicyclic) bond motifs is 1. The van der Waals surface area contributed by atoms with Gasteiger partial charge in [0.05, 0.1) is 11.1 Å². The summed E-state index contributed by atoms with van der Waals surface area (Å²) >= 11 is 0. The lowest BCUT2D eigenvalue weighted by Crippen LogP contribution is -2.60. The number of pyridine rings is 1. The minimum absolute atomic E-state index is 0.0803. The fourth-order valence-electron chi connectivity index (χ4n) is 4.02. The van der Waals surface area contributed by atoms with Crippen molar-refractivity contribution in [3.63, 3.8) is 0 Å². The number of carbonyl (C=O) groups excluding carboxylic acids is 1. The number of aromatic nitrogens is 1. The molecule has 140 valence electrons. The molecule has 27 heavy (non-hydrogen) atoms. The maximum Gasteiger partial charge on any atom is 0.410 e. The quantitative estimate of drug-likeness (QED) is 0.774. The van der Waals surface area contributed by atoms with Crippen LogP contribution in [0.4, 0.5) is 10.6 Å². The molecule has 0 radical (unpaired) electrons.